The van der Waals surface area contributed by atoms with E-state index in [1.807, 2.05) is 6.92 Å². The fraction of sp³-hybridized carbons (Fsp3) is 0.222. The zero-order valence-corrected chi connectivity index (χ0v) is 16.4. The Bertz CT molecular complexity index is 811. The normalized spacial score (nSPS) is 11.6. The summed E-state index contributed by atoms with van der Waals surface area (Å²) in [5.74, 6) is 0.0524. The molecule has 0 saturated carbocycles. The molecule has 0 saturated heterocycles. The van der Waals surface area contributed by atoms with E-state index in [1.165, 1.54) is 6.92 Å². The minimum Gasteiger partial charge on any atom is -0.480 e. The van der Waals surface area contributed by atoms with Crippen LogP contribution in [0, 0.1) is 6.92 Å². The maximum absolute atomic E-state index is 12.4. The lowest BCUT2D eigenvalue weighted by atomic mass is 10.1. The molecule has 2 aromatic rings. The number of benzene rings is 2. The van der Waals surface area contributed by atoms with E-state index in [9.17, 15) is 9.59 Å². The first-order chi connectivity index (χ1) is 11.8. The third-order valence-corrected chi connectivity index (χ3v) is 4.32. The van der Waals surface area contributed by atoms with Crippen molar-refractivity contribution >= 4 is 50.7 Å². The molecule has 0 spiro atoms. The second-order valence-electron chi connectivity index (χ2n) is 5.48. The molecule has 1 unspecified atom stereocenters. The summed E-state index contributed by atoms with van der Waals surface area (Å²) in [5.41, 5.74) is 2.03. The largest absolute Gasteiger partial charge is 0.480 e. The molecular weight excluding hydrogens is 408 g/mol. The number of carbonyl (C=O) groups is 2. The minimum atomic E-state index is -0.721. The molecule has 0 heterocycles. The number of amides is 2. The van der Waals surface area contributed by atoms with Crippen LogP contribution in [-0.4, -0.2) is 17.9 Å². The average Bonchev–Trinajstić information content (AvgIpc) is 2.53. The van der Waals surface area contributed by atoms with E-state index in [4.69, 9.17) is 16.3 Å². The van der Waals surface area contributed by atoms with E-state index < -0.39 is 6.10 Å². The summed E-state index contributed by atoms with van der Waals surface area (Å²) >= 11 is 9.25. The van der Waals surface area contributed by atoms with E-state index in [0.717, 1.165) is 5.56 Å². The first-order valence-corrected chi connectivity index (χ1v) is 8.75. The molecule has 0 bridgehead atoms. The molecule has 0 aliphatic rings. The van der Waals surface area contributed by atoms with Crippen LogP contribution in [0.3, 0.4) is 0 Å². The van der Waals surface area contributed by atoms with Gasteiger partial charge >= 0.3 is 0 Å². The smallest absolute Gasteiger partial charge is 0.265 e. The maximum Gasteiger partial charge on any atom is 0.265 e. The summed E-state index contributed by atoms with van der Waals surface area (Å²) in [6.07, 6.45) is -0.721. The Labute approximate surface area is 159 Å². The quantitative estimate of drug-likeness (QED) is 0.725. The number of anilines is 2. The van der Waals surface area contributed by atoms with Crippen molar-refractivity contribution in [3.05, 3.63) is 51.5 Å². The van der Waals surface area contributed by atoms with Gasteiger partial charge < -0.3 is 15.4 Å². The van der Waals surface area contributed by atoms with Crippen LogP contribution in [0.5, 0.6) is 5.75 Å². The standard InChI is InChI=1S/C18H18BrClN2O3/c1-10-15(21-12(3)23)5-4-6-16(10)22-18(24)11(2)25-17-8-7-13(20)9-14(17)19/h4-9,11H,1-3H3,(H,21,23)(H,22,24). The molecule has 5 nitrogen and oxygen atoms in total. The Kier molecular flexibility index (Phi) is 6.45. The zero-order chi connectivity index (χ0) is 18.6. The number of rotatable bonds is 5. The van der Waals surface area contributed by atoms with Crippen LogP contribution in [0.15, 0.2) is 40.9 Å². The topological polar surface area (TPSA) is 67.4 Å². The van der Waals surface area contributed by atoms with Crippen molar-refractivity contribution in [1.82, 2.24) is 0 Å². The van der Waals surface area contributed by atoms with Gasteiger partial charge in [-0.3, -0.25) is 9.59 Å². The van der Waals surface area contributed by atoms with Gasteiger partial charge in [0.15, 0.2) is 6.10 Å². The molecule has 0 fully saturated rings. The highest BCUT2D eigenvalue weighted by Gasteiger charge is 2.18. The van der Waals surface area contributed by atoms with Crippen LogP contribution in [0.2, 0.25) is 5.02 Å². The van der Waals surface area contributed by atoms with Gasteiger partial charge in [-0.15, -0.1) is 0 Å². The molecule has 2 amide bonds. The van der Waals surface area contributed by atoms with Crippen molar-refractivity contribution in [2.45, 2.75) is 26.9 Å². The van der Waals surface area contributed by atoms with Gasteiger partial charge in [0, 0.05) is 23.3 Å². The van der Waals surface area contributed by atoms with Gasteiger partial charge in [-0.1, -0.05) is 17.7 Å². The molecule has 25 heavy (non-hydrogen) atoms. The van der Waals surface area contributed by atoms with Crippen LogP contribution in [0.4, 0.5) is 11.4 Å². The van der Waals surface area contributed by atoms with E-state index in [-0.39, 0.29) is 11.8 Å². The van der Waals surface area contributed by atoms with Gasteiger partial charge in [-0.2, -0.15) is 0 Å². The first-order valence-electron chi connectivity index (χ1n) is 7.57. The van der Waals surface area contributed by atoms with Gasteiger partial charge in [0.25, 0.3) is 5.91 Å². The number of halogens is 2. The highest BCUT2D eigenvalue weighted by atomic mass is 79.9. The first kappa shape index (κ1) is 19.3. The Morgan fingerprint density at radius 2 is 1.80 bits per heavy atom. The summed E-state index contributed by atoms with van der Waals surface area (Å²) in [5, 5.41) is 6.12. The van der Waals surface area contributed by atoms with E-state index in [0.29, 0.717) is 26.6 Å². The van der Waals surface area contributed by atoms with Crippen molar-refractivity contribution in [1.29, 1.82) is 0 Å². The van der Waals surface area contributed by atoms with Crippen LogP contribution < -0.4 is 15.4 Å². The van der Waals surface area contributed by atoms with Crippen LogP contribution >= 0.6 is 27.5 Å². The zero-order valence-electron chi connectivity index (χ0n) is 14.0. The summed E-state index contributed by atoms with van der Waals surface area (Å²) in [6.45, 7) is 4.91. The van der Waals surface area contributed by atoms with Crippen molar-refractivity contribution in [3.8, 4) is 5.75 Å². The van der Waals surface area contributed by atoms with Crippen molar-refractivity contribution in [2.75, 3.05) is 10.6 Å². The van der Waals surface area contributed by atoms with Gasteiger partial charge in [-0.05, 0) is 65.7 Å². The van der Waals surface area contributed by atoms with Crippen LogP contribution in [0.1, 0.15) is 19.4 Å². The van der Waals surface area contributed by atoms with E-state index in [2.05, 4.69) is 26.6 Å². The fourth-order valence-electron chi connectivity index (χ4n) is 2.15. The van der Waals surface area contributed by atoms with E-state index in [1.54, 1.807) is 43.3 Å². The van der Waals surface area contributed by atoms with E-state index >= 15 is 0 Å². The number of ether oxygens (including phenoxy) is 1. The Balaban J connectivity index is 2.09. The number of nitrogens with one attached hydrogen (secondary N) is 2. The fourth-order valence-corrected chi connectivity index (χ4v) is 2.92. The number of hydrogen-bond acceptors (Lipinski definition) is 3. The van der Waals surface area contributed by atoms with Gasteiger partial charge in [0.2, 0.25) is 5.91 Å². The predicted molar refractivity (Wildman–Crippen MR) is 103 cm³/mol. The Morgan fingerprint density at radius 3 is 2.40 bits per heavy atom. The van der Waals surface area contributed by atoms with Crippen LogP contribution in [-0.2, 0) is 9.59 Å². The molecule has 2 aromatic carbocycles. The van der Waals surface area contributed by atoms with Crippen LogP contribution in [0.25, 0.3) is 0 Å². The monoisotopic (exact) mass is 424 g/mol. The number of carbonyl (C=O) groups excluding carboxylic acids is 2. The second kappa shape index (κ2) is 8.36. The maximum atomic E-state index is 12.4. The molecule has 2 N–H and O–H groups in total. The molecule has 7 heteroatoms. The lowest BCUT2D eigenvalue weighted by Crippen LogP contribution is -2.30. The predicted octanol–water partition coefficient (Wildman–Crippen LogP) is 4.78. The molecule has 0 aliphatic carbocycles. The van der Waals surface area contributed by atoms with Crippen molar-refractivity contribution in [3.63, 3.8) is 0 Å². The van der Waals surface area contributed by atoms with Crippen molar-refractivity contribution < 1.29 is 14.3 Å². The molecule has 0 radical (unpaired) electrons. The summed E-state index contributed by atoms with van der Waals surface area (Å²) in [7, 11) is 0. The molecule has 0 aliphatic heterocycles. The summed E-state index contributed by atoms with van der Waals surface area (Å²) in [6, 6.07) is 10.4. The van der Waals surface area contributed by atoms with Gasteiger partial charge in [-0.25, -0.2) is 0 Å². The highest BCUT2D eigenvalue weighted by molar-refractivity contribution is 9.10. The third kappa shape index (κ3) is 5.21. The second-order valence-corrected chi connectivity index (χ2v) is 6.77. The molecular formula is C18H18BrClN2O3. The van der Waals surface area contributed by atoms with Crippen molar-refractivity contribution in [2.24, 2.45) is 0 Å². The summed E-state index contributed by atoms with van der Waals surface area (Å²) < 4.78 is 6.35. The average molecular weight is 426 g/mol. The Morgan fingerprint density at radius 1 is 1.16 bits per heavy atom. The highest BCUT2D eigenvalue weighted by Crippen LogP contribution is 2.29. The molecule has 1 atom stereocenters. The van der Waals surface area contributed by atoms with Gasteiger partial charge in [0.1, 0.15) is 5.75 Å². The van der Waals surface area contributed by atoms with Gasteiger partial charge in [0.05, 0.1) is 4.47 Å². The molecule has 2 rings (SSSR count). The Hall–Kier alpha value is -2.05. The third-order valence-electron chi connectivity index (χ3n) is 3.47. The summed E-state index contributed by atoms with van der Waals surface area (Å²) in [4.78, 5) is 23.6. The molecule has 0 aromatic heterocycles. The SMILES string of the molecule is CC(=O)Nc1cccc(NC(=O)C(C)Oc2ccc(Cl)cc2Br)c1C. The lowest BCUT2D eigenvalue weighted by molar-refractivity contribution is -0.122. The minimum absolute atomic E-state index is 0.170. The molecule has 132 valence electrons. The number of hydrogen-bond donors (Lipinski definition) is 2. The lowest BCUT2D eigenvalue weighted by Gasteiger charge is -2.18.